The Balaban J connectivity index is 1.63. The first-order valence-electron chi connectivity index (χ1n) is 10.0. The molecule has 0 amide bonds. The standard InChI is InChI=1S/C22H17ClF4N4O3/c23-15-5-3-14(4-6-15)21(7-8-21)31-19-28-17(29-20(30-19)34-11-22(25,26)27)10-12-1-2-13(18(32)33)9-16(12)24/h1-6,9H,7-8,10-11H2,(H,32,33)(H,28,29,30,31). The van der Waals surface area contributed by atoms with Crippen molar-refractivity contribution in [1.29, 1.82) is 0 Å². The SMILES string of the molecule is O=C(O)c1ccc(Cc2nc(NC3(c4ccc(Cl)cc4)CC3)nc(OCC(F)(F)F)n2)c(F)c1. The Morgan fingerprint density at radius 2 is 1.82 bits per heavy atom. The van der Waals surface area contributed by atoms with E-state index in [1.165, 1.54) is 12.1 Å². The molecule has 2 aromatic carbocycles. The number of carbonyl (C=O) groups is 1. The van der Waals surface area contributed by atoms with Gasteiger partial charge in [-0.1, -0.05) is 29.8 Å². The van der Waals surface area contributed by atoms with Crippen LogP contribution in [0.4, 0.5) is 23.5 Å². The van der Waals surface area contributed by atoms with Crippen molar-refractivity contribution in [3.63, 3.8) is 0 Å². The topological polar surface area (TPSA) is 97.2 Å². The van der Waals surface area contributed by atoms with Crippen molar-refractivity contribution in [2.45, 2.75) is 31.0 Å². The van der Waals surface area contributed by atoms with Crippen LogP contribution in [0.25, 0.3) is 0 Å². The number of rotatable bonds is 8. The van der Waals surface area contributed by atoms with Crippen molar-refractivity contribution in [2.75, 3.05) is 11.9 Å². The van der Waals surface area contributed by atoms with Gasteiger partial charge in [0.05, 0.1) is 11.1 Å². The van der Waals surface area contributed by atoms with Gasteiger partial charge < -0.3 is 15.2 Å². The molecule has 0 bridgehead atoms. The maximum atomic E-state index is 14.4. The summed E-state index contributed by atoms with van der Waals surface area (Å²) in [6.45, 7) is -1.61. The zero-order chi connectivity index (χ0) is 24.5. The van der Waals surface area contributed by atoms with E-state index >= 15 is 0 Å². The molecule has 0 aliphatic heterocycles. The van der Waals surface area contributed by atoms with Crippen molar-refractivity contribution in [3.8, 4) is 6.01 Å². The number of halogens is 5. The van der Waals surface area contributed by atoms with Crippen molar-refractivity contribution in [2.24, 2.45) is 0 Å². The number of nitrogens with one attached hydrogen (secondary N) is 1. The summed E-state index contributed by atoms with van der Waals surface area (Å²) in [7, 11) is 0. The Morgan fingerprint density at radius 1 is 1.12 bits per heavy atom. The van der Waals surface area contributed by atoms with Gasteiger partial charge in [0.2, 0.25) is 5.95 Å². The van der Waals surface area contributed by atoms with Gasteiger partial charge in [0.25, 0.3) is 0 Å². The molecule has 0 atom stereocenters. The maximum Gasteiger partial charge on any atom is 0.422 e. The molecule has 12 heteroatoms. The van der Waals surface area contributed by atoms with Gasteiger partial charge >= 0.3 is 18.2 Å². The van der Waals surface area contributed by atoms with E-state index < -0.39 is 36.1 Å². The monoisotopic (exact) mass is 496 g/mol. The number of alkyl halides is 3. The molecule has 0 saturated heterocycles. The molecule has 0 radical (unpaired) electrons. The zero-order valence-electron chi connectivity index (χ0n) is 17.4. The Hall–Kier alpha value is -3.47. The van der Waals surface area contributed by atoms with Crippen LogP contribution in [-0.2, 0) is 12.0 Å². The molecule has 2 N–H and O–H groups in total. The Labute approximate surface area is 195 Å². The highest BCUT2D eigenvalue weighted by Gasteiger charge is 2.45. The number of benzene rings is 2. The highest BCUT2D eigenvalue weighted by molar-refractivity contribution is 6.30. The first-order valence-corrected chi connectivity index (χ1v) is 10.4. The third-order valence-corrected chi connectivity index (χ3v) is 5.42. The van der Waals surface area contributed by atoms with Gasteiger partial charge in [0, 0.05) is 11.4 Å². The molecule has 3 aromatic rings. The van der Waals surface area contributed by atoms with E-state index in [9.17, 15) is 22.4 Å². The molecule has 0 spiro atoms. The van der Waals surface area contributed by atoms with Crippen LogP contribution < -0.4 is 10.1 Å². The zero-order valence-corrected chi connectivity index (χ0v) is 18.1. The van der Waals surface area contributed by atoms with Gasteiger partial charge in [-0.3, -0.25) is 0 Å². The lowest BCUT2D eigenvalue weighted by Crippen LogP contribution is -2.23. The normalized spacial score (nSPS) is 14.5. The van der Waals surface area contributed by atoms with Crippen LogP contribution in [0.15, 0.2) is 42.5 Å². The average molecular weight is 497 g/mol. The number of aromatic nitrogens is 3. The third kappa shape index (κ3) is 5.71. The van der Waals surface area contributed by atoms with E-state index in [4.69, 9.17) is 21.4 Å². The van der Waals surface area contributed by atoms with Gasteiger partial charge in [-0.15, -0.1) is 0 Å². The van der Waals surface area contributed by atoms with Crippen LogP contribution in [0.5, 0.6) is 6.01 Å². The molecule has 0 unspecified atom stereocenters. The molecule has 1 fully saturated rings. The predicted octanol–water partition coefficient (Wildman–Crippen LogP) is 5.00. The summed E-state index contributed by atoms with van der Waals surface area (Å²) in [6, 6.07) is 9.83. The Bertz CT molecular complexity index is 1220. The van der Waals surface area contributed by atoms with E-state index in [0.29, 0.717) is 5.02 Å². The summed E-state index contributed by atoms with van der Waals surface area (Å²) in [5, 5.41) is 12.7. The number of hydrogen-bond donors (Lipinski definition) is 2. The third-order valence-electron chi connectivity index (χ3n) is 5.17. The molecule has 7 nitrogen and oxygen atoms in total. The number of carboxylic acids is 1. The van der Waals surface area contributed by atoms with Crippen LogP contribution in [0.2, 0.25) is 5.02 Å². The first-order chi connectivity index (χ1) is 16.0. The molecular weight excluding hydrogens is 480 g/mol. The van der Waals surface area contributed by atoms with Crippen LogP contribution in [0, 0.1) is 5.82 Å². The van der Waals surface area contributed by atoms with E-state index in [1.54, 1.807) is 12.1 Å². The lowest BCUT2D eigenvalue weighted by atomic mass is 10.1. The molecule has 178 valence electrons. The predicted molar refractivity (Wildman–Crippen MR) is 114 cm³/mol. The van der Waals surface area contributed by atoms with Crippen molar-refractivity contribution in [1.82, 2.24) is 15.0 Å². The van der Waals surface area contributed by atoms with Gasteiger partial charge in [0.15, 0.2) is 6.61 Å². The molecular formula is C22H17ClF4N4O3. The minimum absolute atomic E-state index is 0.0304. The first kappa shape index (κ1) is 23.7. The van der Waals surface area contributed by atoms with Crippen LogP contribution in [-0.4, -0.2) is 38.8 Å². The highest BCUT2D eigenvalue weighted by atomic mass is 35.5. The summed E-state index contributed by atoms with van der Waals surface area (Å²) in [6.07, 6.45) is -3.39. The van der Waals surface area contributed by atoms with Gasteiger partial charge in [-0.25, -0.2) is 9.18 Å². The molecule has 1 heterocycles. The van der Waals surface area contributed by atoms with Gasteiger partial charge in [0.1, 0.15) is 11.6 Å². The fraction of sp³-hybridized carbons (Fsp3) is 0.273. The van der Waals surface area contributed by atoms with Crippen molar-refractivity contribution in [3.05, 3.63) is 75.8 Å². The van der Waals surface area contributed by atoms with Crippen LogP contribution in [0.3, 0.4) is 0 Å². The molecule has 1 aromatic heterocycles. The molecule has 1 aliphatic rings. The summed E-state index contributed by atoms with van der Waals surface area (Å²) in [4.78, 5) is 23.1. The van der Waals surface area contributed by atoms with E-state index in [0.717, 1.165) is 24.5 Å². The summed E-state index contributed by atoms with van der Waals surface area (Å²) < 4.78 is 57.1. The molecule has 34 heavy (non-hydrogen) atoms. The second kappa shape index (κ2) is 9.05. The fourth-order valence-electron chi connectivity index (χ4n) is 3.33. The van der Waals surface area contributed by atoms with E-state index in [-0.39, 0.29) is 29.3 Å². The number of aromatic carboxylic acids is 1. The Kier molecular flexibility index (Phi) is 6.30. The summed E-state index contributed by atoms with van der Waals surface area (Å²) >= 11 is 5.95. The smallest absolute Gasteiger partial charge is 0.422 e. The average Bonchev–Trinajstić information content (AvgIpc) is 3.54. The van der Waals surface area contributed by atoms with E-state index in [2.05, 4.69) is 20.3 Å². The maximum absolute atomic E-state index is 14.4. The van der Waals surface area contributed by atoms with E-state index in [1.807, 2.05) is 12.1 Å². The highest BCUT2D eigenvalue weighted by Crippen LogP contribution is 2.48. The number of anilines is 1. The van der Waals surface area contributed by atoms with Crippen molar-refractivity contribution < 1.29 is 32.2 Å². The minimum Gasteiger partial charge on any atom is -0.478 e. The molecule has 1 saturated carbocycles. The molecule has 1 aliphatic carbocycles. The minimum atomic E-state index is -4.61. The number of ether oxygens (including phenoxy) is 1. The Morgan fingerprint density at radius 3 is 2.41 bits per heavy atom. The lowest BCUT2D eigenvalue weighted by molar-refractivity contribution is -0.154. The largest absolute Gasteiger partial charge is 0.478 e. The lowest BCUT2D eigenvalue weighted by Gasteiger charge is -2.19. The quantitative estimate of drug-likeness (QED) is 0.424. The summed E-state index contributed by atoms with van der Waals surface area (Å²) in [5.74, 6) is -2.19. The fourth-order valence-corrected chi connectivity index (χ4v) is 3.46. The number of carboxylic acid groups (broad SMARTS) is 1. The van der Waals surface area contributed by atoms with Crippen molar-refractivity contribution >= 4 is 23.5 Å². The number of nitrogens with zero attached hydrogens (tertiary/aromatic N) is 3. The van der Waals surface area contributed by atoms with Crippen LogP contribution >= 0.6 is 11.6 Å². The number of hydrogen-bond acceptors (Lipinski definition) is 6. The van der Waals surface area contributed by atoms with Gasteiger partial charge in [-0.05, 0) is 48.2 Å². The van der Waals surface area contributed by atoms with Crippen LogP contribution in [0.1, 0.15) is 40.2 Å². The second-order valence-electron chi connectivity index (χ2n) is 7.76. The molecule has 4 rings (SSSR count). The van der Waals surface area contributed by atoms with Gasteiger partial charge in [-0.2, -0.15) is 28.1 Å². The second-order valence-corrected chi connectivity index (χ2v) is 8.20. The summed E-state index contributed by atoms with van der Waals surface area (Å²) in [5.41, 5.74) is 0.181.